The minimum Gasteiger partial charge on any atom is -0.465 e. The second kappa shape index (κ2) is 8.15. The van der Waals surface area contributed by atoms with Crippen LogP contribution in [0.5, 0.6) is 0 Å². The molecular weight excluding hydrogens is 390 g/mol. The van der Waals surface area contributed by atoms with Crippen LogP contribution in [0.25, 0.3) is 0 Å². The second-order valence-electron chi connectivity index (χ2n) is 5.74. The number of thiocarbonyl (C=S) groups is 1. The van der Waals surface area contributed by atoms with Gasteiger partial charge in [-0.3, -0.25) is 15.6 Å². The number of rotatable bonds is 4. The highest BCUT2D eigenvalue weighted by Crippen LogP contribution is 2.39. The Bertz CT molecular complexity index is 857. The van der Waals surface area contributed by atoms with Gasteiger partial charge in [-0.25, -0.2) is 4.79 Å². The number of carbonyl (C=O) groups is 2. The first-order chi connectivity index (χ1) is 12.5. The van der Waals surface area contributed by atoms with Gasteiger partial charge in [0.25, 0.3) is 5.91 Å². The van der Waals surface area contributed by atoms with Crippen molar-refractivity contribution in [1.29, 1.82) is 0 Å². The average molecular weight is 410 g/mol. The van der Waals surface area contributed by atoms with Crippen LogP contribution in [-0.2, 0) is 24.0 Å². The zero-order chi connectivity index (χ0) is 18.7. The minimum atomic E-state index is -0.371. The van der Waals surface area contributed by atoms with Crippen molar-refractivity contribution in [3.63, 3.8) is 0 Å². The van der Waals surface area contributed by atoms with Gasteiger partial charge >= 0.3 is 5.97 Å². The summed E-state index contributed by atoms with van der Waals surface area (Å²) in [5.41, 5.74) is 7.44. The Balaban J connectivity index is 1.63. The van der Waals surface area contributed by atoms with E-state index in [4.69, 9.17) is 17.0 Å². The fourth-order valence-corrected chi connectivity index (χ4v) is 5.13. The number of esters is 1. The highest BCUT2D eigenvalue weighted by molar-refractivity contribution is 7.80. The molecule has 0 radical (unpaired) electrons. The predicted molar refractivity (Wildman–Crippen MR) is 108 cm³/mol. The maximum Gasteiger partial charge on any atom is 0.341 e. The highest BCUT2D eigenvalue weighted by atomic mass is 32.1. The first-order valence-electron chi connectivity index (χ1n) is 8.21. The van der Waals surface area contributed by atoms with Gasteiger partial charge in [0.15, 0.2) is 5.11 Å². The Hall–Kier alpha value is -1.97. The molecule has 0 aromatic carbocycles. The summed E-state index contributed by atoms with van der Waals surface area (Å²) in [4.78, 5) is 26.6. The fraction of sp³-hybridized carbons (Fsp3) is 0.353. The molecule has 0 atom stereocenters. The van der Waals surface area contributed by atoms with Crippen molar-refractivity contribution in [2.24, 2.45) is 0 Å². The zero-order valence-corrected chi connectivity index (χ0v) is 16.9. The Morgan fingerprint density at radius 2 is 2.12 bits per heavy atom. The smallest absolute Gasteiger partial charge is 0.341 e. The third-order valence-corrected chi connectivity index (χ3v) is 6.58. The van der Waals surface area contributed by atoms with E-state index >= 15 is 0 Å². The van der Waals surface area contributed by atoms with Gasteiger partial charge in [0, 0.05) is 15.1 Å². The van der Waals surface area contributed by atoms with E-state index < -0.39 is 0 Å². The molecule has 138 valence electrons. The molecule has 9 heteroatoms. The minimum absolute atomic E-state index is 0.217. The van der Waals surface area contributed by atoms with Crippen LogP contribution in [0.4, 0.5) is 5.00 Å². The third kappa shape index (κ3) is 3.89. The Labute approximate surface area is 164 Å². The number of hydrogen-bond donors (Lipinski definition) is 3. The van der Waals surface area contributed by atoms with Gasteiger partial charge in [0.1, 0.15) is 5.00 Å². The Morgan fingerprint density at radius 1 is 1.31 bits per heavy atom. The molecule has 0 aliphatic heterocycles. The normalized spacial score (nSPS) is 12.4. The zero-order valence-electron chi connectivity index (χ0n) is 14.4. The summed E-state index contributed by atoms with van der Waals surface area (Å²) in [6.07, 6.45) is 3.77. The first-order valence-corrected chi connectivity index (χ1v) is 10.3. The summed E-state index contributed by atoms with van der Waals surface area (Å²) in [6, 6.07) is 1.86. The van der Waals surface area contributed by atoms with Gasteiger partial charge in [-0.15, -0.1) is 22.7 Å². The molecule has 1 aliphatic rings. The van der Waals surface area contributed by atoms with Crippen molar-refractivity contribution in [1.82, 2.24) is 10.9 Å². The molecule has 3 N–H and O–H groups in total. The summed E-state index contributed by atoms with van der Waals surface area (Å²) >= 11 is 8.30. The number of methoxy groups -OCH3 is 1. The van der Waals surface area contributed by atoms with Gasteiger partial charge in [0.05, 0.1) is 18.2 Å². The maximum absolute atomic E-state index is 12.1. The molecule has 0 saturated carbocycles. The van der Waals surface area contributed by atoms with Gasteiger partial charge < -0.3 is 10.1 Å². The molecular formula is C17H19N3O3S3. The molecule has 2 aromatic rings. The van der Waals surface area contributed by atoms with E-state index in [1.807, 2.05) is 18.4 Å². The van der Waals surface area contributed by atoms with Crippen molar-refractivity contribution >= 4 is 56.9 Å². The van der Waals surface area contributed by atoms with E-state index in [1.54, 1.807) is 11.3 Å². The van der Waals surface area contributed by atoms with Crippen LogP contribution in [0, 0.1) is 0 Å². The van der Waals surface area contributed by atoms with Crippen LogP contribution < -0.4 is 16.2 Å². The van der Waals surface area contributed by atoms with Crippen LogP contribution in [0.3, 0.4) is 0 Å². The molecule has 0 spiro atoms. The van der Waals surface area contributed by atoms with E-state index in [0.717, 1.165) is 36.1 Å². The van der Waals surface area contributed by atoms with Crippen LogP contribution in [0.2, 0.25) is 0 Å². The predicted octanol–water partition coefficient (Wildman–Crippen LogP) is 3.28. The summed E-state index contributed by atoms with van der Waals surface area (Å²) in [6.45, 7) is 2.04. The van der Waals surface area contributed by atoms with Gasteiger partial charge in [-0.05, 0) is 49.5 Å². The summed E-state index contributed by atoms with van der Waals surface area (Å²) in [7, 11) is 1.37. The number of carbonyl (C=O) groups excluding carboxylic acids is 2. The van der Waals surface area contributed by atoms with Crippen molar-refractivity contribution in [3.8, 4) is 0 Å². The van der Waals surface area contributed by atoms with E-state index in [1.165, 1.54) is 23.3 Å². The standard InChI is InChI=1S/C17H19N3O3S3/c1-3-10-7-9(8-25-10)14(21)19-20-17(24)18-15-13(16(22)23-2)11-5-4-6-12(11)26-15/h7-8H,3-6H2,1-2H3,(H,19,21)(H2,18,20,24). The molecule has 2 heterocycles. The van der Waals surface area contributed by atoms with E-state index in [9.17, 15) is 9.59 Å². The molecule has 0 unspecified atom stereocenters. The summed E-state index contributed by atoms with van der Waals surface area (Å²) in [5.74, 6) is -0.629. The monoisotopic (exact) mass is 409 g/mol. The van der Waals surface area contributed by atoms with Crippen molar-refractivity contribution in [3.05, 3.63) is 37.9 Å². The van der Waals surface area contributed by atoms with Crippen molar-refractivity contribution in [2.75, 3.05) is 12.4 Å². The van der Waals surface area contributed by atoms with Crippen LogP contribution in [0.1, 0.15) is 49.4 Å². The van der Waals surface area contributed by atoms with Crippen LogP contribution >= 0.6 is 34.9 Å². The topological polar surface area (TPSA) is 79.5 Å². The number of hydrazine groups is 1. The molecule has 0 fully saturated rings. The number of nitrogens with one attached hydrogen (secondary N) is 3. The van der Waals surface area contributed by atoms with Gasteiger partial charge in [0.2, 0.25) is 0 Å². The molecule has 0 bridgehead atoms. The van der Waals surface area contributed by atoms with E-state index in [-0.39, 0.29) is 17.0 Å². The van der Waals surface area contributed by atoms with Crippen LogP contribution in [0.15, 0.2) is 11.4 Å². The molecule has 26 heavy (non-hydrogen) atoms. The quantitative estimate of drug-likeness (QED) is 0.409. The molecule has 0 saturated heterocycles. The maximum atomic E-state index is 12.1. The lowest BCUT2D eigenvalue weighted by Gasteiger charge is -2.11. The van der Waals surface area contributed by atoms with Crippen molar-refractivity contribution < 1.29 is 14.3 Å². The summed E-state index contributed by atoms with van der Waals surface area (Å²) in [5, 5.41) is 5.68. The third-order valence-electron chi connectivity index (χ3n) is 4.09. The Kier molecular flexibility index (Phi) is 5.90. The average Bonchev–Trinajstić information content (AvgIpc) is 3.34. The van der Waals surface area contributed by atoms with Crippen molar-refractivity contribution in [2.45, 2.75) is 32.6 Å². The number of amides is 1. The van der Waals surface area contributed by atoms with Gasteiger partial charge in [-0.1, -0.05) is 6.92 Å². The molecule has 1 amide bonds. The molecule has 1 aliphatic carbocycles. The number of fused-ring (bicyclic) bond motifs is 1. The first kappa shape index (κ1) is 18.8. The van der Waals surface area contributed by atoms with E-state index in [0.29, 0.717) is 16.1 Å². The second-order valence-corrected chi connectivity index (χ2v) is 8.25. The number of ether oxygens (including phenoxy) is 1. The summed E-state index contributed by atoms with van der Waals surface area (Å²) < 4.78 is 4.91. The van der Waals surface area contributed by atoms with Gasteiger partial charge in [-0.2, -0.15) is 0 Å². The molecule has 2 aromatic heterocycles. The Morgan fingerprint density at radius 3 is 2.81 bits per heavy atom. The number of thiophene rings is 2. The lowest BCUT2D eigenvalue weighted by atomic mass is 10.1. The van der Waals surface area contributed by atoms with Crippen LogP contribution in [-0.4, -0.2) is 24.1 Å². The number of aryl methyl sites for hydroxylation is 2. The highest BCUT2D eigenvalue weighted by Gasteiger charge is 2.27. The SMILES string of the molecule is CCc1cc(C(=O)NNC(=S)Nc2sc3c(c2C(=O)OC)CCC3)cs1. The largest absolute Gasteiger partial charge is 0.465 e. The lowest BCUT2D eigenvalue weighted by molar-refractivity contribution is 0.0601. The molecule has 6 nitrogen and oxygen atoms in total. The number of hydrogen-bond acceptors (Lipinski definition) is 6. The fourth-order valence-electron chi connectivity index (χ4n) is 2.82. The molecule has 3 rings (SSSR count). The number of anilines is 1. The lowest BCUT2D eigenvalue weighted by Crippen LogP contribution is -2.43. The van der Waals surface area contributed by atoms with E-state index in [2.05, 4.69) is 16.2 Å².